The van der Waals surface area contributed by atoms with E-state index in [0.29, 0.717) is 165 Å². The van der Waals surface area contributed by atoms with Gasteiger partial charge in [0, 0.05) is 19.5 Å². The van der Waals surface area contributed by atoms with Crippen molar-refractivity contribution >= 4 is 16.2 Å². The standard InChI is InChI=1S/C49H73NO17S/c1-42-11-13-43(14-12-42)68(52,53)67-40-39-65-38-37-64-36-35-63-34-33-62-32-31-61-30-29-60-28-27-59-26-25-58-24-23-57-22-21-56-20-19-55-18-17-54-16-15-50(2)49(51)66-41-48-46-9-5-3-7-44(46)45-8-4-6-10-47(45)48/h3-14,48H,15-41H2,1-2H3. The minimum Gasteiger partial charge on any atom is -0.448 e. The number of amides is 1. The molecule has 0 bridgehead atoms. The maximum atomic E-state index is 12.6. The van der Waals surface area contributed by atoms with Crippen molar-refractivity contribution in [3.05, 3.63) is 89.5 Å². The molecular formula is C49H73NO17S. The van der Waals surface area contributed by atoms with Crippen LogP contribution in [0.2, 0.25) is 0 Å². The Morgan fingerprint density at radius 1 is 0.441 bits per heavy atom. The number of hydrogen-bond acceptors (Lipinski definition) is 17. The van der Waals surface area contributed by atoms with Crippen LogP contribution in [0.3, 0.4) is 0 Å². The largest absolute Gasteiger partial charge is 0.448 e. The van der Waals surface area contributed by atoms with Crippen LogP contribution in [0.5, 0.6) is 0 Å². The van der Waals surface area contributed by atoms with Gasteiger partial charge >= 0.3 is 6.09 Å². The second-order valence-electron chi connectivity index (χ2n) is 15.2. The van der Waals surface area contributed by atoms with Gasteiger partial charge in [-0.1, -0.05) is 66.2 Å². The molecular weight excluding hydrogens is 907 g/mol. The first-order valence-corrected chi connectivity index (χ1v) is 24.7. The Morgan fingerprint density at radius 2 is 0.750 bits per heavy atom. The normalized spacial score (nSPS) is 12.4. The third kappa shape index (κ3) is 24.3. The SMILES string of the molecule is Cc1ccc(S(=O)(=O)OCCOCCOCCOCCOCCOCCOCCOCCOCCOCCOCCOCCOCCN(C)C(=O)OCC2c3ccccc3-c3ccccc32)cc1. The lowest BCUT2D eigenvalue weighted by Gasteiger charge is -2.19. The number of rotatable bonds is 43. The van der Waals surface area contributed by atoms with Crippen molar-refractivity contribution in [3.8, 4) is 11.1 Å². The van der Waals surface area contributed by atoms with E-state index in [4.69, 9.17) is 65.8 Å². The molecule has 0 aromatic heterocycles. The summed E-state index contributed by atoms with van der Waals surface area (Å²) >= 11 is 0. The van der Waals surface area contributed by atoms with Crippen molar-refractivity contribution < 1.29 is 79.0 Å². The average Bonchev–Trinajstić information content (AvgIpc) is 3.67. The minimum atomic E-state index is -3.79. The molecule has 0 atom stereocenters. The molecule has 68 heavy (non-hydrogen) atoms. The number of aryl methyl sites for hydroxylation is 1. The monoisotopic (exact) mass is 979 g/mol. The van der Waals surface area contributed by atoms with Gasteiger partial charge in [0.1, 0.15) is 6.61 Å². The van der Waals surface area contributed by atoms with Crippen LogP contribution in [0, 0.1) is 6.92 Å². The van der Waals surface area contributed by atoms with Crippen LogP contribution in [-0.2, 0) is 75.9 Å². The molecule has 0 radical (unpaired) electrons. The molecule has 19 heteroatoms. The lowest BCUT2D eigenvalue weighted by molar-refractivity contribution is -0.0286. The van der Waals surface area contributed by atoms with Crippen molar-refractivity contribution in [3.63, 3.8) is 0 Å². The number of benzene rings is 3. The molecule has 0 spiro atoms. The molecule has 3 aromatic carbocycles. The Kier molecular flexibility index (Phi) is 30.4. The molecule has 1 aliphatic carbocycles. The Labute approximate surface area is 402 Å². The van der Waals surface area contributed by atoms with Crippen LogP contribution in [0.25, 0.3) is 11.1 Å². The number of fused-ring (bicyclic) bond motifs is 3. The van der Waals surface area contributed by atoms with Gasteiger partial charge in [-0.15, -0.1) is 0 Å². The number of nitrogens with zero attached hydrogens (tertiary/aromatic N) is 1. The second kappa shape index (κ2) is 36.3. The molecule has 3 aromatic rings. The van der Waals surface area contributed by atoms with E-state index in [2.05, 4.69) is 24.3 Å². The Balaban J connectivity index is 0.767. The van der Waals surface area contributed by atoms with Crippen LogP contribution < -0.4 is 0 Å². The number of likely N-dealkylation sites (N-methyl/N-ethyl adjacent to an activating group) is 1. The zero-order valence-corrected chi connectivity index (χ0v) is 40.7. The molecule has 0 saturated carbocycles. The van der Waals surface area contributed by atoms with Crippen LogP contribution >= 0.6 is 0 Å². The summed E-state index contributed by atoms with van der Waals surface area (Å²) in [6.45, 7) is 12.8. The summed E-state index contributed by atoms with van der Waals surface area (Å²) in [6, 6.07) is 23.0. The molecule has 0 N–H and O–H groups in total. The molecule has 382 valence electrons. The lowest BCUT2D eigenvalue weighted by atomic mass is 9.98. The fraction of sp³-hybridized carbons (Fsp3) is 0.612. The van der Waals surface area contributed by atoms with Gasteiger partial charge in [-0.25, -0.2) is 4.79 Å². The maximum Gasteiger partial charge on any atom is 0.409 e. The van der Waals surface area contributed by atoms with E-state index in [0.717, 1.165) is 5.56 Å². The van der Waals surface area contributed by atoms with E-state index in [-0.39, 0.29) is 30.1 Å². The molecule has 1 aliphatic rings. The van der Waals surface area contributed by atoms with Crippen LogP contribution in [0.15, 0.2) is 77.7 Å². The smallest absolute Gasteiger partial charge is 0.409 e. The summed E-state index contributed by atoms with van der Waals surface area (Å²) < 4.78 is 101. The van der Waals surface area contributed by atoms with Crippen molar-refractivity contribution in [1.29, 1.82) is 0 Å². The Bertz CT molecular complexity index is 1810. The highest BCUT2D eigenvalue weighted by Gasteiger charge is 2.29. The molecule has 18 nitrogen and oxygen atoms in total. The fourth-order valence-electron chi connectivity index (χ4n) is 6.49. The van der Waals surface area contributed by atoms with Gasteiger partial charge in [-0.05, 0) is 41.3 Å². The Hall–Kier alpha value is -3.64. The first-order chi connectivity index (χ1) is 33.4. The molecule has 0 saturated heterocycles. The summed E-state index contributed by atoms with van der Waals surface area (Å²) in [5.41, 5.74) is 5.74. The van der Waals surface area contributed by atoms with Gasteiger partial charge < -0.3 is 66.5 Å². The van der Waals surface area contributed by atoms with E-state index in [9.17, 15) is 13.2 Å². The van der Waals surface area contributed by atoms with Gasteiger partial charge in [-0.2, -0.15) is 8.42 Å². The number of carbonyl (C=O) groups is 1. The van der Waals surface area contributed by atoms with Crippen LogP contribution in [0.4, 0.5) is 4.79 Å². The topological polar surface area (TPSA) is 184 Å². The highest BCUT2D eigenvalue weighted by Crippen LogP contribution is 2.44. The van der Waals surface area contributed by atoms with E-state index >= 15 is 0 Å². The van der Waals surface area contributed by atoms with Crippen molar-refractivity contribution in [2.45, 2.75) is 17.7 Å². The van der Waals surface area contributed by atoms with Crippen LogP contribution in [0.1, 0.15) is 22.6 Å². The highest BCUT2D eigenvalue weighted by molar-refractivity contribution is 7.86. The molecule has 0 heterocycles. The predicted octanol–water partition coefficient (Wildman–Crippen LogP) is 4.78. The minimum absolute atomic E-state index is 0.0298. The van der Waals surface area contributed by atoms with Crippen molar-refractivity contribution in [2.75, 3.05) is 185 Å². The molecule has 4 rings (SSSR count). The summed E-state index contributed by atoms with van der Waals surface area (Å²) in [7, 11) is -2.08. The molecule has 0 unspecified atom stereocenters. The predicted molar refractivity (Wildman–Crippen MR) is 252 cm³/mol. The van der Waals surface area contributed by atoms with Gasteiger partial charge in [0.15, 0.2) is 0 Å². The van der Waals surface area contributed by atoms with Crippen LogP contribution in [-0.4, -0.2) is 205 Å². The molecule has 0 aliphatic heterocycles. The van der Waals surface area contributed by atoms with E-state index in [1.165, 1.54) is 39.3 Å². The van der Waals surface area contributed by atoms with Gasteiger partial charge in [0.25, 0.3) is 10.1 Å². The third-order valence-electron chi connectivity index (χ3n) is 10.1. The zero-order valence-electron chi connectivity index (χ0n) is 39.9. The quantitative estimate of drug-likeness (QED) is 0.0557. The first-order valence-electron chi connectivity index (χ1n) is 23.3. The molecule has 0 fully saturated rings. The van der Waals surface area contributed by atoms with Gasteiger partial charge in [0.2, 0.25) is 0 Å². The average molecular weight is 980 g/mol. The van der Waals surface area contributed by atoms with Crippen molar-refractivity contribution in [1.82, 2.24) is 4.90 Å². The zero-order chi connectivity index (χ0) is 48.2. The maximum absolute atomic E-state index is 12.6. The summed E-state index contributed by atoms with van der Waals surface area (Å²) in [6.07, 6.45) is -0.372. The summed E-state index contributed by atoms with van der Waals surface area (Å²) in [4.78, 5) is 14.3. The van der Waals surface area contributed by atoms with E-state index < -0.39 is 10.1 Å². The number of hydrogen-bond donors (Lipinski definition) is 0. The van der Waals surface area contributed by atoms with E-state index in [1.54, 1.807) is 19.2 Å². The van der Waals surface area contributed by atoms with Gasteiger partial charge in [-0.3, -0.25) is 4.18 Å². The summed E-state index contributed by atoms with van der Waals surface area (Å²) in [5.74, 6) is 0.0298. The fourth-order valence-corrected chi connectivity index (χ4v) is 7.39. The molecule has 1 amide bonds. The highest BCUT2D eigenvalue weighted by atomic mass is 32.2. The second-order valence-corrected chi connectivity index (χ2v) is 16.8. The Morgan fingerprint density at radius 3 is 1.10 bits per heavy atom. The summed E-state index contributed by atoms with van der Waals surface area (Å²) in [5, 5.41) is 0. The first kappa shape index (κ1) is 56.9. The van der Waals surface area contributed by atoms with Crippen molar-refractivity contribution in [2.24, 2.45) is 0 Å². The lowest BCUT2D eigenvalue weighted by Crippen LogP contribution is -2.32. The number of ether oxygens (including phenoxy) is 13. The van der Waals surface area contributed by atoms with Gasteiger partial charge in [0.05, 0.1) is 170 Å². The third-order valence-corrected chi connectivity index (χ3v) is 11.4. The van der Waals surface area contributed by atoms with E-state index in [1.807, 2.05) is 31.2 Å². The number of carbonyl (C=O) groups excluding carboxylic acids is 1.